The molecular formula is C19H28N2O2. The van der Waals surface area contributed by atoms with Crippen LogP contribution in [0.25, 0.3) is 0 Å². The van der Waals surface area contributed by atoms with Gasteiger partial charge in [-0.1, -0.05) is 17.7 Å². The Labute approximate surface area is 139 Å². The van der Waals surface area contributed by atoms with Gasteiger partial charge in [0, 0.05) is 44.4 Å². The molecule has 1 atom stereocenters. The number of rotatable bonds is 4. The van der Waals surface area contributed by atoms with E-state index in [1.807, 2.05) is 19.1 Å². The number of carbonyl (C=O) groups excluding carboxylic acids is 1. The number of aryl methyl sites for hydroxylation is 2. The van der Waals surface area contributed by atoms with Crippen LogP contribution in [0.2, 0.25) is 0 Å². The van der Waals surface area contributed by atoms with E-state index >= 15 is 0 Å². The van der Waals surface area contributed by atoms with Crippen LogP contribution in [0.3, 0.4) is 0 Å². The molecular weight excluding hydrogens is 288 g/mol. The lowest BCUT2D eigenvalue weighted by molar-refractivity contribution is -0.0679. The molecule has 23 heavy (non-hydrogen) atoms. The van der Waals surface area contributed by atoms with Gasteiger partial charge in [0.2, 0.25) is 0 Å². The summed E-state index contributed by atoms with van der Waals surface area (Å²) in [4.78, 5) is 17.5. The minimum atomic E-state index is 0.195. The normalized spacial score (nSPS) is 24.7. The summed E-state index contributed by atoms with van der Waals surface area (Å²) < 4.78 is 5.23. The fraction of sp³-hybridized carbons (Fsp3) is 0.632. The van der Waals surface area contributed by atoms with Crippen LogP contribution in [0.5, 0.6) is 0 Å². The fourth-order valence-electron chi connectivity index (χ4n) is 4.11. The average molecular weight is 316 g/mol. The summed E-state index contributed by atoms with van der Waals surface area (Å²) in [5, 5.41) is 0. The Morgan fingerprint density at radius 3 is 2.74 bits per heavy atom. The van der Waals surface area contributed by atoms with Crippen LogP contribution >= 0.6 is 0 Å². The second-order valence-corrected chi connectivity index (χ2v) is 7.10. The number of ether oxygens (including phenoxy) is 1. The van der Waals surface area contributed by atoms with E-state index in [9.17, 15) is 4.79 Å². The molecule has 4 heteroatoms. The number of amides is 1. The summed E-state index contributed by atoms with van der Waals surface area (Å²) in [6.45, 7) is 8.73. The van der Waals surface area contributed by atoms with Gasteiger partial charge in [-0.05, 0) is 44.7 Å². The SMILES string of the molecule is COCCN1CC[C@@]12CCCN(C(=O)c1ccc(C)cc1C)C2. The minimum absolute atomic E-state index is 0.195. The van der Waals surface area contributed by atoms with E-state index in [-0.39, 0.29) is 11.4 Å². The molecule has 0 unspecified atom stereocenters. The van der Waals surface area contributed by atoms with Crippen molar-refractivity contribution in [3.05, 3.63) is 34.9 Å². The van der Waals surface area contributed by atoms with Gasteiger partial charge in [-0.3, -0.25) is 9.69 Å². The highest BCUT2D eigenvalue weighted by atomic mass is 16.5. The van der Waals surface area contributed by atoms with E-state index in [0.717, 1.165) is 50.3 Å². The first kappa shape index (κ1) is 16.5. The van der Waals surface area contributed by atoms with Gasteiger partial charge in [0.1, 0.15) is 0 Å². The molecule has 0 aliphatic carbocycles. The predicted molar refractivity (Wildman–Crippen MR) is 91.9 cm³/mol. The first-order valence-electron chi connectivity index (χ1n) is 8.66. The standard InChI is InChI=1S/C19H28N2O2/c1-15-5-6-17(16(2)13-15)18(22)20-9-4-7-19(14-20)8-10-21(19)11-12-23-3/h5-6,13H,4,7-12,14H2,1-3H3/t19-/m1/s1. The molecule has 0 bridgehead atoms. The van der Waals surface area contributed by atoms with Crippen LogP contribution < -0.4 is 0 Å². The average Bonchev–Trinajstić information content (AvgIpc) is 2.54. The van der Waals surface area contributed by atoms with Crippen molar-refractivity contribution in [2.75, 3.05) is 39.9 Å². The molecule has 2 aliphatic rings. The van der Waals surface area contributed by atoms with Crippen LogP contribution in [0, 0.1) is 13.8 Å². The third kappa shape index (κ3) is 3.15. The second kappa shape index (κ2) is 6.62. The number of hydrogen-bond acceptors (Lipinski definition) is 3. The molecule has 0 aromatic heterocycles. The van der Waals surface area contributed by atoms with Crippen LogP contribution in [0.4, 0.5) is 0 Å². The van der Waals surface area contributed by atoms with E-state index in [1.165, 1.54) is 18.4 Å². The van der Waals surface area contributed by atoms with Crippen LogP contribution in [-0.4, -0.2) is 61.1 Å². The van der Waals surface area contributed by atoms with Crippen molar-refractivity contribution < 1.29 is 9.53 Å². The minimum Gasteiger partial charge on any atom is -0.383 e. The second-order valence-electron chi connectivity index (χ2n) is 7.10. The van der Waals surface area contributed by atoms with E-state index in [4.69, 9.17) is 4.74 Å². The molecule has 2 saturated heterocycles. The Hall–Kier alpha value is -1.39. The topological polar surface area (TPSA) is 32.8 Å². The quantitative estimate of drug-likeness (QED) is 0.856. The first-order valence-corrected chi connectivity index (χ1v) is 8.66. The molecule has 1 aromatic carbocycles. The molecule has 2 fully saturated rings. The zero-order valence-corrected chi connectivity index (χ0v) is 14.6. The van der Waals surface area contributed by atoms with Crippen molar-refractivity contribution in [1.29, 1.82) is 0 Å². The van der Waals surface area contributed by atoms with Crippen molar-refractivity contribution in [3.63, 3.8) is 0 Å². The third-order valence-corrected chi connectivity index (χ3v) is 5.54. The summed E-state index contributed by atoms with van der Waals surface area (Å²) in [7, 11) is 1.75. The van der Waals surface area contributed by atoms with Crippen LogP contribution in [0.15, 0.2) is 18.2 Å². The number of piperidine rings is 1. The van der Waals surface area contributed by atoms with Crippen LogP contribution in [-0.2, 0) is 4.74 Å². The third-order valence-electron chi connectivity index (χ3n) is 5.54. The molecule has 0 radical (unpaired) electrons. The summed E-state index contributed by atoms with van der Waals surface area (Å²) in [5.74, 6) is 0.195. The largest absolute Gasteiger partial charge is 0.383 e. The van der Waals surface area contributed by atoms with E-state index < -0.39 is 0 Å². The van der Waals surface area contributed by atoms with Crippen LogP contribution in [0.1, 0.15) is 40.7 Å². The Morgan fingerprint density at radius 1 is 1.26 bits per heavy atom. The molecule has 0 saturated carbocycles. The molecule has 2 aliphatic heterocycles. The van der Waals surface area contributed by atoms with Gasteiger partial charge in [-0.2, -0.15) is 0 Å². The molecule has 4 nitrogen and oxygen atoms in total. The Morgan fingerprint density at radius 2 is 2.09 bits per heavy atom. The summed E-state index contributed by atoms with van der Waals surface area (Å²) in [6, 6.07) is 6.12. The lowest BCUT2D eigenvalue weighted by Gasteiger charge is -2.57. The maximum Gasteiger partial charge on any atom is 0.254 e. The van der Waals surface area contributed by atoms with Gasteiger partial charge in [0.05, 0.1) is 6.61 Å². The maximum atomic E-state index is 13.0. The number of hydrogen-bond donors (Lipinski definition) is 0. The predicted octanol–water partition coefficient (Wildman–Crippen LogP) is 2.63. The highest BCUT2D eigenvalue weighted by molar-refractivity contribution is 5.95. The lowest BCUT2D eigenvalue weighted by atomic mass is 9.77. The number of methoxy groups -OCH3 is 1. The van der Waals surface area contributed by atoms with E-state index in [0.29, 0.717) is 0 Å². The fourth-order valence-corrected chi connectivity index (χ4v) is 4.11. The molecule has 3 rings (SSSR count). The van der Waals surface area contributed by atoms with E-state index in [2.05, 4.69) is 22.8 Å². The van der Waals surface area contributed by atoms with Gasteiger partial charge >= 0.3 is 0 Å². The molecule has 0 N–H and O–H groups in total. The number of benzene rings is 1. The smallest absolute Gasteiger partial charge is 0.254 e. The number of carbonyl (C=O) groups is 1. The zero-order valence-electron chi connectivity index (χ0n) is 14.6. The van der Waals surface area contributed by atoms with Crippen molar-refractivity contribution in [2.24, 2.45) is 0 Å². The van der Waals surface area contributed by atoms with Gasteiger partial charge in [0.25, 0.3) is 5.91 Å². The zero-order chi connectivity index (χ0) is 16.4. The molecule has 1 aromatic rings. The summed E-state index contributed by atoms with van der Waals surface area (Å²) >= 11 is 0. The van der Waals surface area contributed by atoms with E-state index in [1.54, 1.807) is 7.11 Å². The van der Waals surface area contributed by atoms with Crippen molar-refractivity contribution in [2.45, 2.75) is 38.6 Å². The van der Waals surface area contributed by atoms with Gasteiger partial charge < -0.3 is 9.64 Å². The van der Waals surface area contributed by atoms with Gasteiger partial charge in [0.15, 0.2) is 0 Å². The van der Waals surface area contributed by atoms with Crippen molar-refractivity contribution in [1.82, 2.24) is 9.80 Å². The monoisotopic (exact) mass is 316 g/mol. The molecule has 1 amide bonds. The van der Waals surface area contributed by atoms with Crippen molar-refractivity contribution in [3.8, 4) is 0 Å². The number of likely N-dealkylation sites (tertiary alicyclic amines) is 2. The summed E-state index contributed by atoms with van der Waals surface area (Å²) in [6.07, 6.45) is 3.50. The van der Waals surface area contributed by atoms with Gasteiger partial charge in [-0.15, -0.1) is 0 Å². The highest BCUT2D eigenvalue weighted by Crippen LogP contribution is 2.38. The highest BCUT2D eigenvalue weighted by Gasteiger charge is 2.47. The Balaban J connectivity index is 1.72. The number of nitrogens with zero attached hydrogens (tertiary/aromatic N) is 2. The molecule has 2 heterocycles. The lowest BCUT2D eigenvalue weighted by Crippen LogP contribution is -2.67. The van der Waals surface area contributed by atoms with Crippen molar-refractivity contribution >= 4 is 5.91 Å². The Bertz CT molecular complexity index is 587. The Kier molecular flexibility index (Phi) is 4.74. The summed E-state index contributed by atoms with van der Waals surface area (Å²) in [5.41, 5.74) is 3.35. The van der Waals surface area contributed by atoms with Gasteiger partial charge in [-0.25, -0.2) is 0 Å². The first-order chi connectivity index (χ1) is 11.1. The maximum absolute atomic E-state index is 13.0. The molecule has 1 spiro atoms. The molecule has 126 valence electrons.